The predicted molar refractivity (Wildman–Crippen MR) is 66.6 cm³/mol. The van der Waals surface area contributed by atoms with Crippen molar-refractivity contribution in [1.29, 1.82) is 0 Å². The maximum atomic E-state index is 11.9. The first kappa shape index (κ1) is 12.4. The van der Waals surface area contributed by atoms with Gasteiger partial charge in [-0.2, -0.15) is 0 Å². The molecule has 1 unspecified atom stereocenters. The lowest BCUT2D eigenvalue weighted by molar-refractivity contribution is -0.119. The zero-order valence-electron chi connectivity index (χ0n) is 9.47. The number of sulfonamides is 1. The molecule has 1 fully saturated rings. The van der Waals surface area contributed by atoms with E-state index in [4.69, 9.17) is 11.6 Å². The molecule has 1 aromatic carbocycles. The van der Waals surface area contributed by atoms with Crippen LogP contribution in [0.4, 0.5) is 5.69 Å². The van der Waals surface area contributed by atoms with E-state index in [0.29, 0.717) is 16.3 Å². The van der Waals surface area contributed by atoms with E-state index in [1.54, 1.807) is 32.0 Å². The monoisotopic (exact) mass is 273 g/mol. The minimum atomic E-state index is -3.53. The van der Waals surface area contributed by atoms with E-state index >= 15 is 0 Å². The number of rotatable bonds is 1. The van der Waals surface area contributed by atoms with Crippen molar-refractivity contribution in [2.24, 2.45) is 5.92 Å². The van der Waals surface area contributed by atoms with Crippen LogP contribution in [-0.4, -0.2) is 20.1 Å². The minimum Gasteiger partial charge on any atom is -0.273 e. The van der Waals surface area contributed by atoms with Crippen molar-refractivity contribution in [3.05, 3.63) is 28.8 Å². The number of carbonyl (C=O) groups is 1. The molecule has 0 aromatic heterocycles. The summed E-state index contributed by atoms with van der Waals surface area (Å²) in [5, 5.41) is 0.517. The van der Waals surface area contributed by atoms with Crippen molar-refractivity contribution in [3.8, 4) is 0 Å². The SMILES string of the molecule is Cc1cc(Cl)ccc1N1C(=O)C(C)CS1(=O)=O. The molecule has 0 bridgehead atoms. The van der Waals surface area contributed by atoms with Gasteiger partial charge in [-0.3, -0.25) is 4.79 Å². The second-order valence-corrected chi connectivity index (χ2v) is 6.51. The molecular weight excluding hydrogens is 262 g/mol. The summed E-state index contributed by atoms with van der Waals surface area (Å²) in [5.41, 5.74) is 1.06. The molecule has 0 aliphatic carbocycles. The summed E-state index contributed by atoms with van der Waals surface area (Å²) in [7, 11) is -3.53. The van der Waals surface area contributed by atoms with Crippen LogP contribution in [0.15, 0.2) is 18.2 Å². The topological polar surface area (TPSA) is 54.5 Å². The van der Waals surface area contributed by atoms with Crippen molar-refractivity contribution in [2.75, 3.05) is 10.1 Å². The van der Waals surface area contributed by atoms with Crippen LogP contribution in [0.25, 0.3) is 0 Å². The highest BCUT2D eigenvalue weighted by Gasteiger charge is 2.42. The van der Waals surface area contributed by atoms with E-state index in [1.165, 1.54) is 0 Å². The van der Waals surface area contributed by atoms with Crippen molar-refractivity contribution in [1.82, 2.24) is 0 Å². The molecule has 0 saturated carbocycles. The number of amides is 1. The zero-order valence-corrected chi connectivity index (χ0v) is 11.0. The molecule has 1 aliphatic rings. The first-order chi connectivity index (χ1) is 7.83. The van der Waals surface area contributed by atoms with Gasteiger partial charge in [0.2, 0.25) is 15.9 Å². The number of carbonyl (C=O) groups excluding carboxylic acids is 1. The average Bonchev–Trinajstić information content (AvgIpc) is 2.38. The molecule has 1 aliphatic heterocycles. The molecule has 17 heavy (non-hydrogen) atoms. The standard InChI is InChI=1S/C11H12ClNO3S/c1-7-5-9(12)3-4-10(7)13-11(14)8(2)6-17(13,15)16/h3-5,8H,6H2,1-2H3. The predicted octanol–water partition coefficient (Wildman–Crippen LogP) is 1.96. The average molecular weight is 274 g/mol. The Balaban J connectivity index is 2.57. The highest BCUT2D eigenvalue weighted by molar-refractivity contribution is 7.94. The first-order valence-corrected chi connectivity index (χ1v) is 7.14. The van der Waals surface area contributed by atoms with Gasteiger partial charge in [0.15, 0.2) is 0 Å². The van der Waals surface area contributed by atoms with Crippen LogP contribution in [0, 0.1) is 12.8 Å². The van der Waals surface area contributed by atoms with Gasteiger partial charge in [-0.1, -0.05) is 18.5 Å². The van der Waals surface area contributed by atoms with Crippen LogP contribution in [0.5, 0.6) is 0 Å². The third kappa shape index (κ3) is 2.05. The molecule has 1 heterocycles. The van der Waals surface area contributed by atoms with Gasteiger partial charge in [0.1, 0.15) is 0 Å². The summed E-state index contributed by atoms with van der Waals surface area (Å²) in [6.07, 6.45) is 0. The van der Waals surface area contributed by atoms with Crippen LogP contribution in [0.2, 0.25) is 5.02 Å². The van der Waals surface area contributed by atoms with E-state index in [2.05, 4.69) is 0 Å². The Hall–Kier alpha value is -1.07. The molecule has 0 spiro atoms. The van der Waals surface area contributed by atoms with Crippen LogP contribution in [-0.2, 0) is 14.8 Å². The van der Waals surface area contributed by atoms with Crippen molar-refractivity contribution >= 4 is 33.2 Å². The second-order valence-electron chi connectivity index (χ2n) is 4.21. The number of halogens is 1. The Morgan fingerprint density at radius 3 is 2.53 bits per heavy atom. The van der Waals surface area contributed by atoms with Gasteiger partial charge >= 0.3 is 0 Å². The molecule has 92 valence electrons. The molecule has 4 nitrogen and oxygen atoms in total. The number of hydrogen-bond acceptors (Lipinski definition) is 3. The fourth-order valence-electron chi connectivity index (χ4n) is 1.91. The highest BCUT2D eigenvalue weighted by atomic mass is 35.5. The summed E-state index contributed by atoms with van der Waals surface area (Å²) < 4.78 is 24.7. The van der Waals surface area contributed by atoms with E-state index in [9.17, 15) is 13.2 Å². The number of benzene rings is 1. The molecule has 1 aromatic rings. The summed E-state index contributed by atoms with van der Waals surface area (Å²) in [4.78, 5) is 11.9. The molecule has 1 saturated heterocycles. The number of anilines is 1. The van der Waals surface area contributed by atoms with E-state index in [-0.39, 0.29) is 11.7 Å². The van der Waals surface area contributed by atoms with Crippen LogP contribution in [0.1, 0.15) is 12.5 Å². The normalized spacial score (nSPS) is 23.1. The van der Waals surface area contributed by atoms with Gasteiger partial charge < -0.3 is 0 Å². The van der Waals surface area contributed by atoms with Crippen molar-refractivity contribution in [3.63, 3.8) is 0 Å². The smallest absolute Gasteiger partial charge is 0.244 e. The maximum Gasteiger partial charge on any atom is 0.244 e. The number of nitrogens with zero attached hydrogens (tertiary/aromatic N) is 1. The van der Waals surface area contributed by atoms with Gasteiger partial charge in [0.05, 0.1) is 17.4 Å². The quantitative estimate of drug-likeness (QED) is 0.786. The Kier molecular flexibility index (Phi) is 2.91. The van der Waals surface area contributed by atoms with Gasteiger partial charge in [-0.25, -0.2) is 12.7 Å². The van der Waals surface area contributed by atoms with Crippen LogP contribution in [0.3, 0.4) is 0 Å². The summed E-state index contributed by atoms with van der Waals surface area (Å²) in [6.45, 7) is 3.35. The second kappa shape index (κ2) is 3.99. The van der Waals surface area contributed by atoms with Gasteiger partial charge in [-0.05, 0) is 30.7 Å². The molecule has 2 rings (SSSR count). The van der Waals surface area contributed by atoms with Crippen molar-refractivity contribution in [2.45, 2.75) is 13.8 Å². The summed E-state index contributed by atoms with van der Waals surface area (Å²) in [5.74, 6) is -1.00. The zero-order chi connectivity index (χ0) is 12.8. The van der Waals surface area contributed by atoms with E-state index in [0.717, 1.165) is 4.31 Å². The van der Waals surface area contributed by atoms with E-state index in [1.807, 2.05) is 0 Å². The lowest BCUT2D eigenvalue weighted by Gasteiger charge is -2.17. The molecule has 6 heteroatoms. The molecule has 1 atom stereocenters. The Morgan fingerprint density at radius 2 is 2.06 bits per heavy atom. The molecule has 1 amide bonds. The Labute approximate surface area is 105 Å². The largest absolute Gasteiger partial charge is 0.273 e. The van der Waals surface area contributed by atoms with Gasteiger partial charge in [0.25, 0.3) is 0 Å². The van der Waals surface area contributed by atoms with E-state index < -0.39 is 15.9 Å². The lowest BCUT2D eigenvalue weighted by atomic mass is 10.1. The molecular formula is C11H12ClNO3S. The van der Waals surface area contributed by atoms with Crippen LogP contribution < -0.4 is 4.31 Å². The van der Waals surface area contributed by atoms with Gasteiger partial charge in [-0.15, -0.1) is 0 Å². The third-order valence-corrected chi connectivity index (χ3v) is 4.83. The maximum absolute atomic E-state index is 11.9. The molecule has 0 N–H and O–H groups in total. The third-order valence-electron chi connectivity index (χ3n) is 2.74. The molecule has 0 radical (unpaired) electrons. The van der Waals surface area contributed by atoms with Gasteiger partial charge in [0, 0.05) is 5.02 Å². The summed E-state index contributed by atoms with van der Waals surface area (Å²) in [6, 6.07) is 4.78. The Bertz CT molecular complexity index is 582. The fraction of sp³-hybridized carbons (Fsp3) is 0.364. The lowest BCUT2D eigenvalue weighted by Crippen LogP contribution is -2.30. The number of hydrogen-bond donors (Lipinski definition) is 0. The van der Waals surface area contributed by atoms with Crippen LogP contribution >= 0.6 is 11.6 Å². The number of aryl methyl sites for hydroxylation is 1. The fourth-order valence-corrected chi connectivity index (χ4v) is 4.02. The summed E-state index contributed by atoms with van der Waals surface area (Å²) >= 11 is 5.81. The van der Waals surface area contributed by atoms with Crippen molar-refractivity contribution < 1.29 is 13.2 Å². The highest BCUT2D eigenvalue weighted by Crippen LogP contribution is 2.31. The first-order valence-electron chi connectivity index (χ1n) is 5.16. The minimum absolute atomic E-state index is 0.131. The Morgan fingerprint density at radius 1 is 1.41 bits per heavy atom.